The average molecular weight is 347 g/mol. The van der Waals surface area contributed by atoms with Crippen LogP contribution in [0.25, 0.3) is 0 Å². The third-order valence-corrected chi connectivity index (χ3v) is 4.55. The lowest BCUT2D eigenvalue weighted by molar-refractivity contribution is 0.578. The molecule has 0 bridgehead atoms. The standard InChI is InChI=1S/C9H11BrN6O2S/c1-5-3-6(11)4-12-8(5)14-19(17,18)9-7(10)13-15-16(9)2/h3-4H,11H2,1-2H3,(H,12,14). The molecule has 0 radical (unpaired) electrons. The summed E-state index contributed by atoms with van der Waals surface area (Å²) in [6.45, 7) is 1.71. The van der Waals surface area contributed by atoms with E-state index in [1.807, 2.05) is 0 Å². The van der Waals surface area contributed by atoms with Gasteiger partial charge in [0.2, 0.25) is 5.03 Å². The van der Waals surface area contributed by atoms with Gasteiger partial charge in [-0.25, -0.2) is 9.67 Å². The number of aromatic nitrogens is 4. The molecule has 0 unspecified atom stereocenters. The van der Waals surface area contributed by atoms with Crippen molar-refractivity contribution in [2.24, 2.45) is 7.05 Å². The van der Waals surface area contributed by atoms with E-state index < -0.39 is 10.0 Å². The number of nitrogens with zero attached hydrogens (tertiary/aromatic N) is 4. The Morgan fingerprint density at radius 2 is 2.16 bits per heavy atom. The minimum Gasteiger partial charge on any atom is -0.397 e. The number of anilines is 2. The molecular formula is C9H11BrN6O2S. The van der Waals surface area contributed by atoms with Gasteiger partial charge in [0.1, 0.15) is 5.82 Å². The SMILES string of the molecule is Cc1cc(N)cnc1NS(=O)(=O)c1c(Br)nnn1C. The summed E-state index contributed by atoms with van der Waals surface area (Å²) < 4.78 is 28.1. The molecule has 102 valence electrons. The summed E-state index contributed by atoms with van der Waals surface area (Å²) in [5, 5.41) is 7.17. The first kappa shape index (κ1) is 13.7. The zero-order valence-electron chi connectivity index (χ0n) is 10.1. The lowest BCUT2D eigenvalue weighted by Crippen LogP contribution is -2.18. The van der Waals surface area contributed by atoms with Crippen molar-refractivity contribution in [3.8, 4) is 0 Å². The first-order valence-electron chi connectivity index (χ1n) is 5.11. The fourth-order valence-electron chi connectivity index (χ4n) is 1.49. The van der Waals surface area contributed by atoms with E-state index in [0.29, 0.717) is 11.3 Å². The quantitative estimate of drug-likeness (QED) is 0.843. The Hall–Kier alpha value is -1.68. The predicted molar refractivity (Wildman–Crippen MR) is 72.9 cm³/mol. The van der Waals surface area contributed by atoms with Gasteiger partial charge in [-0.05, 0) is 34.5 Å². The summed E-state index contributed by atoms with van der Waals surface area (Å²) in [7, 11) is -2.35. The van der Waals surface area contributed by atoms with E-state index in [4.69, 9.17) is 5.73 Å². The van der Waals surface area contributed by atoms with E-state index in [-0.39, 0.29) is 15.4 Å². The number of nitrogens with two attached hydrogens (primary N) is 1. The van der Waals surface area contributed by atoms with Gasteiger partial charge < -0.3 is 5.73 Å². The predicted octanol–water partition coefficient (Wildman–Crippen LogP) is 0.664. The molecule has 0 amide bonds. The molecular weight excluding hydrogens is 336 g/mol. The minimum absolute atomic E-state index is 0.0782. The molecule has 2 aromatic heterocycles. The number of rotatable bonds is 3. The topological polar surface area (TPSA) is 116 Å². The Kier molecular flexibility index (Phi) is 3.45. The van der Waals surface area contributed by atoms with Crippen LogP contribution in [-0.2, 0) is 17.1 Å². The van der Waals surface area contributed by atoms with E-state index in [1.165, 1.54) is 13.2 Å². The average Bonchev–Trinajstić information content (AvgIpc) is 2.63. The van der Waals surface area contributed by atoms with Crippen molar-refractivity contribution in [2.45, 2.75) is 11.9 Å². The molecule has 0 atom stereocenters. The van der Waals surface area contributed by atoms with Crippen LogP contribution in [0.3, 0.4) is 0 Å². The van der Waals surface area contributed by atoms with Crippen LogP contribution in [0.15, 0.2) is 21.9 Å². The van der Waals surface area contributed by atoms with Crippen molar-refractivity contribution in [3.63, 3.8) is 0 Å². The summed E-state index contributed by atoms with van der Waals surface area (Å²) >= 11 is 3.04. The first-order chi connectivity index (χ1) is 8.81. The lowest BCUT2D eigenvalue weighted by Gasteiger charge is -2.09. The third kappa shape index (κ3) is 2.68. The Morgan fingerprint density at radius 3 is 2.68 bits per heavy atom. The molecule has 3 N–H and O–H groups in total. The van der Waals surface area contributed by atoms with Crippen LogP contribution in [-0.4, -0.2) is 28.4 Å². The summed E-state index contributed by atoms with van der Waals surface area (Å²) in [6.07, 6.45) is 1.38. The number of halogens is 1. The number of hydrogen-bond acceptors (Lipinski definition) is 6. The first-order valence-corrected chi connectivity index (χ1v) is 7.39. The highest BCUT2D eigenvalue weighted by molar-refractivity contribution is 9.10. The van der Waals surface area contributed by atoms with Crippen molar-refractivity contribution >= 4 is 37.5 Å². The molecule has 2 rings (SSSR count). The molecule has 0 aliphatic rings. The van der Waals surface area contributed by atoms with Gasteiger partial charge in [0.25, 0.3) is 10.0 Å². The van der Waals surface area contributed by atoms with Gasteiger partial charge >= 0.3 is 0 Å². The van der Waals surface area contributed by atoms with Gasteiger partial charge in [0.05, 0.1) is 11.9 Å². The fraction of sp³-hybridized carbons (Fsp3) is 0.222. The fourth-order valence-corrected chi connectivity index (χ4v) is 3.67. The van der Waals surface area contributed by atoms with Crippen LogP contribution in [0.5, 0.6) is 0 Å². The largest absolute Gasteiger partial charge is 0.397 e. The van der Waals surface area contributed by atoms with Gasteiger partial charge in [0, 0.05) is 7.05 Å². The second-order valence-electron chi connectivity index (χ2n) is 3.85. The Morgan fingerprint density at radius 1 is 1.47 bits per heavy atom. The van der Waals surface area contributed by atoms with E-state index >= 15 is 0 Å². The second kappa shape index (κ2) is 4.78. The van der Waals surface area contributed by atoms with Gasteiger partial charge in [0.15, 0.2) is 4.60 Å². The van der Waals surface area contributed by atoms with Gasteiger partial charge in [-0.2, -0.15) is 8.42 Å². The van der Waals surface area contributed by atoms with Crippen LogP contribution in [0.2, 0.25) is 0 Å². The summed E-state index contributed by atoms with van der Waals surface area (Å²) in [6, 6.07) is 1.63. The molecule has 0 saturated carbocycles. The number of pyridine rings is 1. The molecule has 0 saturated heterocycles. The number of sulfonamides is 1. The summed E-state index contributed by atoms with van der Waals surface area (Å²) in [5.74, 6) is 0.210. The highest BCUT2D eigenvalue weighted by Gasteiger charge is 2.24. The maximum Gasteiger partial charge on any atom is 0.283 e. The molecule has 0 aliphatic carbocycles. The number of nitrogen functional groups attached to an aromatic ring is 1. The molecule has 0 aromatic carbocycles. The van der Waals surface area contributed by atoms with E-state index in [2.05, 4.69) is 35.9 Å². The van der Waals surface area contributed by atoms with Crippen molar-refractivity contribution in [1.82, 2.24) is 20.0 Å². The van der Waals surface area contributed by atoms with Gasteiger partial charge in [-0.15, -0.1) is 5.10 Å². The van der Waals surface area contributed by atoms with E-state index in [0.717, 1.165) is 4.68 Å². The highest BCUT2D eigenvalue weighted by Crippen LogP contribution is 2.22. The Bertz CT molecular complexity index is 707. The zero-order chi connectivity index (χ0) is 14.2. The maximum absolute atomic E-state index is 12.2. The Labute approximate surface area is 118 Å². The number of hydrogen-bond donors (Lipinski definition) is 2. The molecule has 0 spiro atoms. The second-order valence-corrected chi connectivity index (χ2v) is 6.20. The van der Waals surface area contributed by atoms with Crippen LogP contribution in [0.4, 0.5) is 11.5 Å². The zero-order valence-corrected chi connectivity index (χ0v) is 12.5. The van der Waals surface area contributed by atoms with Crippen LogP contribution in [0.1, 0.15) is 5.56 Å². The van der Waals surface area contributed by atoms with Crippen LogP contribution < -0.4 is 10.5 Å². The van der Waals surface area contributed by atoms with Crippen molar-refractivity contribution in [1.29, 1.82) is 0 Å². The summed E-state index contributed by atoms with van der Waals surface area (Å²) in [4.78, 5) is 3.95. The molecule has 8 nitrogen and oxygen atoms in total. The summed E-state index contributed by atoms with van der Waals surface area (Å²) in [5.41, 5.74) is 6.64. The molecule has 10 heteroatoms. The molecule has 2 aromatic rings. The number of aryl methyl sites for hydroxylation is 2. The number of nitrogens with one attached hydrogen (secondary N) is 1. The maximum atomic E-state index is 12.2. The molecule has 2 heterocycles. The van der Waals surface area contributed by atoms with Crippen molar-refractivity contribution < 1.29 is 8.42 Å². The van der Waals surface area contributed by atoms with Crippen LogP contribution >= 0.6 is 15.9 Å². The normalized spacial score (nSPS) is 11.5. The van der Waals surface area contributed by atoms with Crippen molar-refractivity contribution in [2.75, 3.05) is 10.5 Å². The Balaban J connectivity index is 2.42. The smallest absolute Gasteiger partial charge is 0.283 e. The third-order valence-electron chi connectivity index (χ3n) is 2.32. The van der Waals surface area contributed by atoms with Gasteiger partial charge in [-0.3, -0.25) is 4.72 Å². The highest BCUT2D eigenvalue weighted by atomic mass is 79.9. The van der Waals surface area contributed by atoms with Crippen molar-refractivity contribution in [3.05, 3.63) is 22.4 Å². The van der Waals surface area contributed by atoms with E-state index in [9.17, 15) is 8.42 Å². The molecule has 0 aliphatic heterocycles. The monoisotopic (exact) mass is 346 g/mol. The van der Waals surface area contributed by atoms with Gasteiger partial charge in [-0.1, -0.05) is 5.21 Å². The lowest BCUT2D eigenvalue weighted by atomic mass is 10.3. The van der Waals surface area contributed by atoms with Crippen LogP contribution in [0, 0.1) is 6.92 Å². The molecule has 19 heavy (non-hydrogen) atoms. The molecule has 0 fully saturated rings. The van der Waals surface area contributed by atoms with E-state index in [1.54, 1.807) is 13.0 Å². The minimum atomic E-state index is -3.83.